The number of hydrogen-bond acceptors (Lipinski definition) is 6. The number of aromatic nitrogens is 2. The summed E-state index contributed by atoms with van der Waals surface area (Å²) < 4.78 is 33.1. The Morgan fingerprint density at radius 1 is 1.42 bits per heavy atom. The maximum atomic E-state index is 12.9. The first-order chi connectivity index (χ1) is 12.3. The Kier molecular flexibility index (Phi) is 5.99. The molecule has 2 aliphatic heterocycles. The van der Waals surface area contributed by atoms with E-state index >= 15 is 0 Å². The zero-order chi connectivity index (χ0) is 18.7. The lowest BCUT2D eigenvalue weighted by atomic mass is 10.2. The van der Waals surface area contributed by atoms with Crippen LogP contribution in [0.2, 0.25) is 0 Å². The topological polar surface area (TPSA) is 93.5 Å². The number of hydrogen-bond donors (Lipinski definition) is 1. The first kappa shape index (κ1) is 19.3. The van der Waals surface area contributed by atoms with Crippen LogP contribution in [0.1, 0.15) is 32.4 Å². The first-order valence-corrected chi connectivity index (χ1v) is 10.9. The van der Waals surface area contributed by atoms with Crippen LogP contribution in [0.25, 0.3) is 0 Å². The van der Waals surface area contributed by atoms with Crippen LogP contribution in [0.5, 0.6) is 0 Å². The van der Waals surface area contributed by atoms with Gasteiger partial charge in [0.05, 0.1) is 30.3 Å². The molecule has 146 valence electrons. The number of ether oxygens (including phenoxy) is 1. The van der Waals surface area contributed by atoms with Gasteiger partial charge in [-0.3, -0.25) is 9.69 Å². The largest absolute Gasteiger partial charge is 0.377 e. The van der Waals surface area contributed by atoms with Crippen molar-refractivity contribution in [3.05, 3.63) is 11.9 Å². The van der Waals surface area contributed by atoms with E-state index in [1.807, 2.05) is 9.47 Å². The maximum Gasteiger partial charge on any atom is 0.234 e. The second kappa shape index (κ2) is 8.06. The summed E-state index contributed by atoms with van der Waals surface area (Å²) >= 11 is 0. The summed E-state index contributed by atoms with van der Waals surface area (Å²) in [6.07, 6.45) is 3.08. The van der Waals surface area contributed by atoms with Crippen LogP contribution in [-0.4, -0.2) is 66.9 Å². The second-order valence-electron chi connectivity index (χ2n) is 7.51. The lowest BCUT2D eigenvalue weighted by Crippen LogP contribution is -2.47. The quantitative estimate of drug-likeness (QED) is 0.732. The molecule has 1 N–H and O–H groups in total. The van der Waals surface area contributed by atoms with Crippen molar-refractivity contribution in [3.8, 4) is 0 Å². The average Bonchev–Trinajstić information content (AvgIpc) is 3.17. The number of amides is 1. The molecule has 3 heterocycles. The van der Waals surface area contributed by atoms with E-state index in [0.717, 1.165) is 25.1 Å². The van der Waals surface area contributed by atoms with Gasteiger partial charge in [0.1, 0.15) is 0 Å². The Labute approximate surface area is 154 Å². The fourth-order valence-electron chi connectivity index (χ4n) is 3.48. The molecule has 3 rings (SSSR count). The fraction of sp³-hybridized carbons (Fsp3) is 0.765. The third kappa shape index (κ3) is 4.63. The molecule has 1 atom stereocenters. The number of carbonyl (C=O) groups excluding carboxylic acids is 1. The Bertz CT molecular complexity index is 738. The van der Waals surface area contributed by atoms with E-state index in [2.05, 4.69) is 24.1 Å². The Morgan fingerprint density at radius 2 is 2.23 bits per heavy atom. The molecule has 0 aromatic carbocycles. The summed E-state index contributed by atoms with van der Waals surface area (Å²) in [5, 5.41) is 2.92. The minimum atomic E-state index is -3.52. The van der Waals surface area contributed by atoms with Gasteiger partial charge < -0.3 is 14.6 Å². The normalized spacial score (nSPS) is 22.1. The molecule has 1 aromatic rings. The van der Waals surface area contributed by atoms with Crippen LogP contribution < -0.4 is 5.32 Å². The van der Waals surface area contributed by atoms with E-state index in [1.54, 1.807) is 6.20 Å². The van der Waals surface area contributed by atoms with E-state index in [4.69, 9.17) is 4.74 Å². The molecule has 9 heteroatoms. The minimum Gasteiger partial charge on any atom is -0.377 e. The number of imidazole rings is 1. The van der Waals surface area contributed by atoms with E-state index < -0.39 is 9.84 Å². The predicted octanol–water partition coefficient (Wildman–Crippen LogP) is 0.424. The third-order valence-electron chi connectivity index (χ3n) is 4.66. The minimum absolute atomic E-state index is 0.00241. The number of carbonyl (C=O) groups is 1. The van der Waals surface area contributed by atoms with Crippen molar-refractivity contribution >= 4 is 15.7 Å². The van der Waals surface area contributed by atoms with Crippen molar-refractivity contribution < 1.29 is 17.9 Å². The number of rotatable bonds is 7. The molecule has 0 aliphatic carbocycles. The molecular weight excluding hydrogens is 356 g/mol. The molecule has 26 heavy (non-hydrogen) atoms. The van der Waals surface area contributed by atoms with Crippen molar-refractivity contribution in [1.29, 1.82) is 0 Å². The van der Waals surface area contributed by atoms with Crippen molar-refractivity contribution in [2.45, 2.75) is 51.0 Å². The van der Waals surface area contributed by atoms with Gasteiger partial charge in [-0.2, -0.15) is 0 Å². The lowest BCUT2D eigenvalue weighted by Gasteiger charge is -2.27. The molecule has 0 radical (unpaired) electrons. The molecular formula is C17H28N4O4S. The molecule has 0 spiro atoms. The van der Waals surface area contributed by atoms with Crippen molar-refractivity contribution in [2.75, 3.05) is 32.0 Å². The van der Waals surface area contributed by atoms with E-state index in [-0.39, 0.29) is 28.8 Å². The smallest absolute Gasteiger partial charge is 0.234 e. The molecule has 2 saturated heterocycles. The van der Waals surface area contributed by atoms with Crippen LogP contribution in [0.15, 0.2) is 11.4 Å². The summed E-state index contributed by atoms with van der Waals surface area (Å²) in [7, 11) is -3.52. The first-order valence-electron chi connectivity index (χ1n) is 9.23. The van der Waals surface area contributed by atoms with E-state index in [0.29, 0.717) is 32.8 Å². The van der Waals surface area contributed by atoms with Crippen LogP contribution >= 0.6 is 0 Å². The monoisotopic (exact) mass is 384 g/mol. The predicted molar refractivity (Wildman–Crippen MR) is 96.4 cm³/mol. The standard InChI is InChI=1S/C17H28N4O4S/c1-13(2)9-21-14(10-20-6-5-18-16(22)11-20)8-19-17(21)26(23,24)12-15-4-3-7-25-15/h8,13,15H,3-7,9-12H2,1-2H3,(H,18,22). The highest BCUT2D eigenvalue weighted by Gasteiger charge is 2.30. The van der Waals surface area contributed by atoms with Gasteiger partial charge in [0.15, 0.2) is 0 Å². The van der Waals surface area contributed by atoms with Crippen LogP contribution in [-0.2, 0) is 32.5 Å². The van der Waals surface area contributed by atoms with Gasteiger partial charge in [-0.15, -0.1) is 0 Å². The van der Waals surface area contributed by atoms with Gasteiger partial charge in [-0.05, 0) is 18.8 Å². The van der Waals surface area contributed by atoms with Gasteiger partial charge in [0.2, 0.25) is 20.9 Å². The van der Waals surface area contributed by atoms with E-state index in [1.165, 1.54) is 0 Å². The highest BCUT2D eigenvalue weighted by atomic mass is 32.2. The van der Waals surface area contributed by atoms with Gasteiger partial charge in [-0.25, -0.2) is 13.4 Å². The second-order valence-corrected chi connectivity index (χ2v) is 9.44. The van der Waals surface area contributed by atoms with Gasteiger partial charge in [0, 0.05) is 32.8 Å². The molecule has 1 unspecified atom stereocenters. The van der Waals surface area contributed by atoms with Crippen LogP contribution in [0.4, 0.5) is 0 Å². The number of nitrogens with one attached hydrogen (secondary N) is 1. The van der Waals surface area contributed by atoms with Gasteiger partial charge in [-0.1, -0.05) is 13.8 Å². The van der Waals surface area contributed by atoms with Crippen LogP contribution in [0.3, 0.4) is 0 Å². The SMILES string of the molecule is CC(C)Cn1c(CN2CCNC(=O)C2)cnc1S(=O)(=O)CC1CCCO1. The van der Waals surface area contributed by atoms with Gasteiger partial charge in [0.25, 0.3) is 0 Å². The summed E-state index contributed by atoms with van der Waals surface area (Å²) in [6, 6.07) is 0. The average molecular weight is 385 g/mol. The summed E-state index contributed by atoms with van der Waals surface area (Å²) in [6.45, 7) is 7.51. The zero-order valence-electron chi connectivity index (χ0n) is 15.5. The molecule has 1 amide bonds. The number of piperazine rings is 1. The van der Waals surface area contributed by atoms with Crippen molar-refractivity contribution in [1.82, 2.24) is 19.8 Å². The van der Waals surface area contributed by atoms with E-state index in [9.17, 15) is 13.2 Å². The summed E-state index contributed by atoms with van der Waals surface area (Å²) in [5.74, 6) is 0.259. The van der Waals surface area contributed by atoms with Crippen LogP contribution in [0, 0.1) is 5.92 Å². The zero-order valence-corrected chi connectivity index (χ0v) is 16.3. The lowest BCUT2D eigenvalue weighted by molar-refractivity contribution is -0.124. The fourth-order valence-corrected chi connectivity index (χ4v) is 5.12. The summed E-state index contributed by atoms with van der Waals surface area (Å²) in [4.78, 5) is 17.9. The molecule has 2 fully saturated rings. The molecule has 8 nitrogen and oxygen atoms in total. The number of nitrogens with zero attached hydrogens (tertiary/aromatic N) is 3. The maximum absolute atomic E-state index is 12.9. The Balaban J connectivity index is 1.82. The molecule has 2 aliphatic rings. The molecule has 1 aromatic heterocycles. The third-order valence-corrected chi connectivity index (χ3v) is 6.35. The van der Waals surface area contributed by atoms with Crippen molar-refractivity contribution in [3.63, 3.8) is 0 Å². The Hall–Kier alpha value is -1.45. The van der Waals surface area contributed by atoms with Gasteiger partial charge >= 0.3 is 0 Å². The molecule has 0 bridgehead atoms. The highest BCUT2D eigenvalue weighted by Crippen LogP contribution is 2.21. The number of sulfone groups is 1. The highest BCUT2D eigenvalue weighted by molar-refractivity contribution is 7.91. The Morgan fingerprint density at radius 3 is 2.88 bits per heavy atom. The molecule has 0 saturated carbocycles. The summed E-state index contributed by atoms with van der Waals surface area (Å²) in [5.41, 5.74) is 0.833. The van der Waals surface area contributed by atoms with Crippen molar-refractivity contribution in [2.24, 2.45) is 5.92 Å².